The van der Waals surface area contributed by atoms with Crippen LogP contribution in [0.2, 0.25) is 10.0 Å². The summed E-state index contributed by atoms with van der Waals surface area (Å²) in [5, 5.41) is 7.42. The second-order valence-electron chi connectivity index (χ2n) is 4.34. The van der Waals surface area contributed by atoms with Crippen LogP contribution in [0.3, 0.4) is 0 Å². The highest BCUT2D eigenvalue weighted by Gasteiger charge is 2.08. The van der Waals surface area contributed by atoms with E-state index >= 15 is 0 Å². The Morgan fingerprint density at radius 2 is 1.65 bits per heavy atom. The van der Waals surface area contributed by atoms with Crippen LogP contribution in [0.1, 0.15) is 12.5 Å². The van der Waals surface area contributed by atoms with Crippen LogP contribution in [0, 0.1) is 0 Å². The molecule has 0 aliphatic heterocycles. The van der Waals surface area contributed by atoms with Gasteiger partial charge in [0.05, 0.1) is 10.0 Å². The smallest absolute Gasteiger partial charge is 0.147 e. The summed E-state index contributed by atoms with van der Waals surface area (Å²) in [7, 11) is 0. The minimum Gasteiger partial charge on any atom is -0.369 e. The molecule has 0 radical (unpaired) electrons. The molecule has 0 fully saturated rings. The van der Waals surface area contributed by atoms with Crippen molar-refractivity contribution in [2.24, 2.45) is 0 Å². The van der Waals surface area contributed by atoms with Crippen molar-refractivity contribution in [1.82, 2.24) is 4.98 Å². The molecule has 0 unspecified atom stereocenters. The lowest BCUT2D eigenvalue weighted by atomic mass is 10.1. The van der Waals surface area contributed by atoms with E-state index < -0.39 is 0 Å². The standard InChI is InChI=1S/C15H17Cl2N3/c1-2-18-14-12(16)10-13(17)15(20-14)19-9-8-11-6-4-3-5-7-11/h3-7,10H,2,8-9H2,1H3,(H2,18,19,20). The Labute approximate surface area is 129 Å². The lowest BCUT2D eigenvalue weighted by Crippen LogP contribution is -2.09. The van der Waals surface area contributed by atoms with Crippen molar-refractivity contribution in [1.29, 1.82) is 0 Å². The van der Waals surface area contributed by atoms with E-state index in [1.54, 1.807) is 6.07 Å². The lowest BCUT2D eigenvalue weighted by Gasteiger charge is -2.11. The van der Waals surface area contributed by atoms with E-state index in [1.165, 1.54) is 5.56 Å². The second kappa shape index (κ2) is 7.36. The first-order valence-electron chi connectivity index (χ1n) is 6.58. The Kier molecular flexibility index (Phi) is 5.50. The van der Waals surface area contributed by atoms with Gasteiger partial charge < -0.3 is 10.6 Å². The van der Waals surface area contributed by atoms with Gasteiger partial charge >= 0.3 is 0 Å². The molecule has 3 nitrogen and oxygen atoms in total. The minimum atomic E-state index is 0.532. The van der Waals surface area contributed by atoms with E-state index in [0.29, 0.717) is 21.7 Å². The van der Waals surface area contributed by atoms with Crippen LogP contribution in [-0.4, -0.2) is 18.1 Å². The maximum absolute atomic E-state index is 6.15. The van der Waals surface area contributed by atoms with Crippen molar-refractivity contribution >= 4 is 34.8 Å². The summed E-state index contributed by atoms with van der Waals surface area (Å²) in [6, 6.07) is 12.0. The first-order valence-corrected chi connectivity index (χ1v) is 7.34. The molecular weight excluding hydrogens is 293 g/mol. The van der Waals surface area contributed by atoms with Gasteiger partial charge in [-0.1, -0.05) is 53.5 Å². The summed E-state index contributed by atoms with van der Waals surface area (Å²) in [4.78, 5) is 4.41. The molecule has 1 heterocycles. The Hall–Kier alpha value is -1.45. The number of hydrogen-bond acceptors (Lipinski definition) is 3. The molecule has 5 heteroatoms. The normalized spacial score (nSPS) is 10.3. The fraction of sp³-hybridized carbons (Fsp3) is 0.267. The van der Waals surface area contributed by atoms with Crippen LogP contribution < -0.4 is 10.6 Å². The summed E-state index contributed by atoms with van der Waals surface area (Å²) >= 11 is 12.2. The van der Waals surface area contributed by atoms with E-state index in [1.807, 2.05) is 25.1 Å². The summed E-state index contributed by atoms with van der Waals surface area (Å²) in [6.45, 7) is 3.52. The van der Waals surface area contributed by atoms with Gasteiger partial charge in [0.15, 0.2) is 0 Å². The molecule has 0 amide bonds. The molecule has 0 bridgehead atoms. The fourth-order valence-corrected chi connectivity index (χ4v) is 2.34. The Morgan fingerprint density at radius 3 is 2.30 bits per heavy atom. The largest absolute Gasteiger partial charge is 0.369 e. The first kappa shape index (κ1) is 14.9. The highest BCUT2D eigenvalue weighted by molar-refractivity contribution is 6.37. The summed E-state index contributed by atoms with van der Waals surface area (Å²) in [5.74, 6) is 1.31. The van der Waals surface area contributed by atoms with Crippen LogP contribution in [0.25, 0.3) is 0 Å². The molecular formula is C15H17Cl2N3. The molecule has 20 heavy (non-hydrogen) atoms. The maximum Gasteiger partial charge on any atom is 0.147 e. The van der Waals surface area contributed by atoms with Gasteiger partial charge in [0.2, 0.25) is 0 Å². The molecule has 2 N–H and O–H groups in total. The predicted octanol–water partition coefficient (Wildman–Crippen LogP) is 4.47. The van der Waals surface area contributed by atoms with Crippen LogP contribution >= 0.6 is 23.2 Å². The fourth-order valence-electron chi connectivity index (χ4n) is 1.85. The molecule has 1 aromatic heterocycles. The maximum atomic E-state index is 6.15. The van der Waals surface area contributed by atoms with Gasteiger partial charge in [0.25, 0.3) is 0 Å². The second-order valence-corrected chi connectivity index (χ2v) is 5.16. The zero-order chi connectivity index (χ0) is 14.4. The van der Waals surface area contributed by atoms with Crippen molar-refractivity contribution in [2.75, 3.05) is 23.7 Å². The number of hydrogen-bond donors (Lipinski definition) is 2. The molecule has 1 aromatic carbocycles. The van der Waals surface area contributed by atoms with Gasteiger partial charge in [-0.3, -0.25) is 0 Å². The quantitative estimate of drug-likeness (QED) is 0.826. The van der Waals surface area contributed by atoms with E-state index in [4.69, 9.17) is 23.2 Å². The average molecular weight is 310 g/mol. The van der Waals surface area contributed by atoms with Crippen LogP contribution in [0.15, 0.2) is 36.4 Å². The van der Waals surface area contributed by atoms with Crippen LogP contribution in [0.5, 0.6) is 0 Å². The summed E-state index contributed by atoms with van der Waals surface area (Å²) in [6.07, 6.45) is 0.915. The van der Waals surface area contributed by atoms with Crippen molar-refractivity contribution in [3.05, 3.63) is 52.0 Å². The van der Waals surface area contributed by atoms with Gasteiger partial charge in [-0.25, -0.2) is 4.98 Å². The summed E-state index contributed by atoms with van der Waals surface area (Å²) < 4.78 is 0. The van der Waals surface area contributed by atoms with E-state index in [9.17, 15) is 0 Å². The molecule has 2 rings (SSSR count). The monoisotopic (exact) mass is 309 g/mol. The Balaban J connectivity index is 2.00. The third-order valence-electron chi connectivity index (χ3n) is 2.82. The third kappa shape index (κ3) is 4.02. The zero-order valence-electron chi connectivity index (χ0n) is 11.3. The minimum absolute atomic E-state index is 0.532. The van der Waals surface area contributed by atoms with Crippen molar-refractivity contribution < 1.29 is 0 Å². The molecule has 2 aromatic rings. The predicted molar refractivity (Wildman–Crippen MR) is 87.1 cm³/mol. The zero-order valence-corrected chi connectivity index (χ0v) is 12.8. The number of benzene rings is 1. The van der Waals surface area contributed by atoms with Gasteiger partial charge in [0.1, 0.15) is 11.6 Å². The number of nitrogens with zero attached hydrogens (tertiary/aromatic N) is 1. The van der Waals surface area contributed by atoms with Gasteiger partial charge in [0, 0.05) is 13.1 Å². The number of halogens is 2. The SMILES string of the molecule is CCNc1nc(NCCc2ccccc2)c(Cl)cc1Cl. The molecule has 0 aliphatic carbocycles. The van der Waals surface area contributed by atoms with E-state index in [-0.39, 0.29) is 0 Å². The third-order valence-corrected chi connectivity index (χ3v) is 3.40. The van der Waals surface area contributed by atoms with E-state index in [2.05, 4.69) is 27.8 Å². The number of aromatic nitrogens is 1. The molecule has 0 atom stereocenters. The highest BCUT2D eigenvalue weighted by Crippen LogP contribution is 2.29. The number of nitrogens with one attached hydrogen (secondary N) is 2. The van der Waals surface area contributed by atoms with Gasteiger partial charge in [-0.05, 0) is 25.0 Å². The molecule has 0 saturated heterocycles. The lowest BCUT2D eigenvalue weighted by molar-refractivity contribution is 1.00. The number of anilines is 2. The Morgan fingerprint density at radius 1 is 1.00 bits per heavy atom. The first-order chi connectivity index (χ1) is 9.70. The van der Waals surface area contributed by atoms with Crippen molar-refractivity contribution in [2.45, 2.75) is 13.3 Å². The van der Waals surface area contributed by atoms with Crippen LogP contribution in [-0.2, 0) is 6.42 Å². The number of rotatable bonds is 6. The highest BCUT2D eigenvalue weighted by atomic mass is 35.5. The summed E-state index contributed by atoms with van der Waals surface area (Å²) in [5.41, 5.74) is 1.27. The van der Waals surface area contributed by atoms with E-state index in [0.717, 1.165) is 19.5 Å². The average Bonchev–Trinajstić information content (AvgIpc) is 2.45. The van der Waals surface area contributed by atoms with Crippen LogP contribution in [0.4, 0.5) is 11.6 Å². The molecule has 0 aliphatic rings. The number of pyridine rings is 1. The molecule has 0 saturated carbocycles. The van der Waals surface area contributed by atoms with Crippen molar-refractivity contribution in [3.63, 3.8) is 0 Å². The Bertz CT molecular complexity index is 559. The molecule has 0 spiro atoms. The van der Waals surface area contributed by atoms with Gasteiger partial charge in [-0.2, -0.15) is 0 Å². The van der Waals surface area contributed by atoms with Gasteiger partial charge in [-0.15, -0.1) is 0 Å². The molecule has 106 valence electrons. The van der Waals surface area contributed by atoms with Crippen molar-refractivity contribution in [3.8, 4) is 0 Å². The topological polar surface area (TPSA) is 37.0 Å².